The Kier molecular flexibility index (Phi) is 2.93. The summed E-state index contributed by atoms with van der Waals surface area (Å²) in [5.41, 5.74) is -0.0928. The molecule has 2 unspecified atom stereocenters. The Hall–Kier alpha value is -1.29. The zero-order chi connectivity index (χ0) is 13.6. The van der Waals surface area contributed by atoms with Crippen LogP contribution < -0.4 is 5.32 Å². The van der Waals surface area contributed by atoms with Gasteiger partial charge in [0, 0.05) is 31.6 Å². The first-order valence-corrected chi connectivity index (χ1v) is 7.15. The molecule has 2 aliphatic heterocycles. The van der Waals surface area contributed by atoms with Crippen LogP contribution in [0.1, 0.15) is 37.1 Å². The average Bonchev–Trinajstić information content (AvgIpc) is 3.06. The van der Waals surface area contributed by atoms with Crippen molar-refractivity contribution in [3.05, 3.63) is 23.7 Å². The Bertz CT molecular complexity index is 492. The molecule has 2 fully saturated rings. The quantitative estimate of drug-likeness (QED) is 0.885. The van der Waals surface area contributed by atoms with E-state index in [-0.39, 0.29) is 11.4 Å². The molecule has 1 aromatic heterocycles. The number of carbonyl (C=O) groups is 1. The highest BCUT2D eigenvalue weighted by molar-refractivity contribution is 5.92. The average molecular weight is 262 g/mol. The topological polar surface area (TPSA) is 45.5 Å². The molecule has 2 atom stereocenters. The summed E-state index contributed by atoms with van der Waals surface area (Å²) in [4.78, 5) is 14.6. The van der Waals surface area contributed by atoms with Crippen molar-refractivity contribution >= 4 is 5.91 Å². The molecule has 0 radical (unpaired) electrons. The molecule has 2 aliphatic rings. The van der Waals surface area contributed by atoms with Gasteiger partial charge in [0.25, 0.3) is 5.91 Å². The van der Waals surface area contributed by atoms with Gasteiger partial charge in [0.15, 0.2) is 5.76 Å². The van der Waals surface area contributed by atoms with Crippen molar-refractivity contribution in [1.82, 2.24) is 10.2 Å². The monoisotopic (exact) mass is 262 g/mol. The fraction of sp³-hybridized carbons (Fsp3) is 0.667. The fourth-order valence-corrected chi connectivity index (χ4v) is 3.58. The lowest BCUT2D eigenvalue weighted by atomic mass is 9.85. The van der Waals surface area contributed by atoms with E-state index in [1.54, 1.807) is 0 Å². The Morgan fingerprint density at radius 3 is 2.89 bits per heavy atom. The number of nitrogens with one attached hydrogen (secondary N) is 1. The number of nitrogens with zero attached hydrogens (tertiary/aromatic N) is 1. The minimum atomic E-state index is -0.0928. The van der Waals surface area contributed by atoms with Crippen LogP contribution in [0.3, 0.4) is 0 Å². The van der Waals surface area contributed by atoms with Gasteiger partial charge in [-0.2, -0.15) is 0 Å². The Morgan fingerprint density at radius 1 is 1.47 bits per heavy atom. The molecule has 2 saturated heterocycles. The van der Waals surface area contributed by atoms with Gasteiger partial charge in [0.05, 0.1) is 0 Å². The lowest BCUT2D eigenvalue weighted by Gasteiger charge is -2.35. The third-order valence-electron chi connectivity index (χ3n) is 4.83. The van der Waals surface area contributed by atoms with Gasteiger partial charge in [-0.15, -0.1) is 0 Å². The molecule has 19 heavy (non-hydrogen) atoms. The van der Waals surface area contributed by atoms with Crippen LogP contribution in [0, 0.1) is 11.8 Å². The SMILES string of the molecule is CCc1ccc(C(=O)N2CC3CNCC3C2(C)C)o1. The summed E-state index contributed by atoms with van der Waals surface area (Å²) in [5.74, 6) is 2.54. The second kappa shape index (κ2) is 4.37. The highest BCUT2D eigenvalue weighted by Crippen LogP contribution is 2.41. The van der Waals surface area contributed by atoms with E-state index in [0.29, 0.717) is 17.6 Å². The Labute approximate surface area is 114 Å². The van der Waals surface area contributed by atoms with Crippen molar-refractivity contribution in [1.29, 1.82) is 0 Å². The van der Waals surface area contributed by atoms with E-state index in [1.807, 2.05) is 24.0 Å². The van der Waals surface area contributed by atoms with Gasteiger partial charge >= 0.3 is 0 Å². The molecule has 0 aromatic carbocycles. The minimum Gasteiger partial charge on any atom is -0.456 e. The first kappa shape index (κ1) is 12.7. The third kappa shape index (κ3) is 1.89. The summed E-state index contributed by atoms with van der Waals surface area (Å²) in [7, 11) is 0. The molecule has 1 N–H and O–H groups in total. The van der Waals surface area contributed by atoms with Crippen molar-refractivity contribution in [2.45, 2.75) is 32.7 Å². The predicted molar refractivity (Wildman–Crippen MR) is 73.1 cm³/mol. The molecule has 1 amide bonds. The number of hydrogen-bond acceptors (Lipinski definition) is 3. The molecule has 0 spiro atoms. The van der Waals surface area contributed by atoms with Crippen molar-refractivity contribution in [2.24, 2.45) is 11.8 Å². The maximum absolute atomic E-state index is 12.6. The molecule has 3 rings (SSSR count). The number of aryl methyl sites for hydroxylation is 1. The van der Waals surface area contributed by atoms with Crippen LogP contribution in [0.15, 0.2) is 16.5 Å². The molecule has 4 heteroatoms. The predicted octanol–water partition coefficient (Wildman–Crippen LogP) is 1.91. The van der Waals surface area contributed by atoms with Crippen LogP contribution in [0.5, 0.6) is 0 Å². The summed E-state index contributed by atoms with van der Waals surface area (Å²) in [6.07, 6.45) is 0.825. The number of fused-ring (bicyclic) bond motifs is 1. The summed E-state index contributed by atoms with van der Waals surface area (Å²) in [6, 6.07) is 3.71. The zero-order valence-electron chi connectivity index (χ0n) is 11.9. The second-order valence-electron chi connectivity index (χ2n) is 6.21. The van der Waals surface area contributed by atoms with Gasteiger partial charge in [-0.25, -0.2) is 0 Å². The Morgan fingerprint density at radius 2 is 2.26 bits per heavy atom. The molecule has 4 nitrogen and oxygen atoms in total. The van der Waals surface area contributed by atoms with Crippen LogP contribution in [0.2, 0.25) is 0 Å². The van der Waals surface area contributed by atoms with E-state index in [0.717, 1.165) is 31.8 Å². The van der Waals surface area contributed by atoms with E-state index in [9.17, 15) is 4.79 Å². The molecular formula is C15H22N2O2. The second-order valence-corrected chi connectivity index (χ2v) is 6.21. The smallest absolute Gasteiger partial charge is 0.290 e. The van der Waals surface area contributed by atoms with E-state index in [2.05, 4.69) is 19.2 Å². The summed E-state index contributed by atoms with van der Waals surface area (Å²) < 4.78 is 5.62. The van der Waals surface area contributed by atoms with Crippen molar-refractivity contribution in [3.8, 4) is 0 Å². The van der Waals surface area contributed by atoms with Crippen LogP contribution >= 0.6 is 0 Å². The normalized spacial score (nSPS) is 28.7. The van der Waals surface area contributed by atoms with Gasteiger partial charge in [-0.05, 0) is 37.8 Å². The minimum absolute atomic E-state index is 0.0408. The summed E-state index contributed by atoms with van der Waals surface area (Å²) >= 11 is 0. The largest absolute Gasteiger partial charge is 0.456 e. The lowest BCUT2D eigenvalue weighted by molar-refractivity contribution is 0.0569. The molecule has 1 aromatic rings. The number of hydrogen-bond donors (Lipinski definition) is 1. The van der Waals surface area contributed by atoms with Crippen LogP contribution in [-0.4, -0.2) is 36.0 Å². The standard InChI is InChI=1S/C15H22N2O2/c1-4-11-5-6-13(19-11)14(18)17-9-10-7-16-8-12(10)15(17,2)3/h5-6,10,12,16H,4,7-9H2,1-3H3. The molecule has 0 aliphatic carbocycles. The van der Waals surface area contributed by atoms with Gasteiger partial charge in [0.2, 0.25) is 0 Å². The first-order chi connectivity index (χ1) is 9.04. The highest BCUT2D eigenvalue weighted by Gasteiger charge is 2.51. The lowest BCUT2D eigenvalue weighted by Crippen LogP contribution is -2.47. The van der Waals surface area contributed by atoms with E-state index in [1.165, 1.54) is 0 Å². The molecular weight excluding hydrogens is 240 g/mol. The number of rotatable bonds is 2. The summed E-state index contributed by atoms with van der Waals surface area (Å²) in [6.45, 7) is 9.25. The molecule has 0 bridgehead atoms. The van der Waals surface area contributed by atoms with Crippen LogP contribution in [0.25, 0.3) is 0 Å². The van der Waals surface area contributed by atoms with E-state index in [4.69, 9.17) is 4.42 Å². The van der Waals surface area contributed by atoms with Gasteiger partial charge < -0.3 is 14.6 Å². The maximum atomic E-state index is 12.6. The van der Waals surface area contributed by atoms with Gasteiger partial charge in [-0.3, -0.25) is 4.79 Å². The number of amides is 1. The van der Waals surface area contributed by atoms with Crippen LogP contribution in [0.4, 0.5) is 0 Å². The van der Waals surface area contributed by atoms with Crippen LogP contribution in [-0.2, 0) is 6.42 Å². The molecule has 0 saturated carbocycles. The molecule has 104 valence electrons. The Balaban J connectivity index is 1.84. The van der Waals surface area contributed by atoms with E-state index >= 15 is 0 Å². The van der Waals surface area contributed by atoms with E-state index < -0.39 is 0 Å². The maximum Gasteiger partial charge on any atom is 0.290 e. The fourth-order valence-electron chi connectivity index (χ4n) is 3.58. The number of carbonyl (C=O) groups excluding carboxylic acids is 1. The van der Waals surface area contributed by atoms with Gasteiger partial charge in [-0.1, -0.05) is 6.92 Å². The zero-order valence-corrected chi connectivity index (χ0v) is 11.9. The highest BCUT2D eigenvalue weighted by atomic mass is 16.4. The summed E-state index contributed by atoms with van der Waals surface area (Å²) in [5, 5.41) is 3.43. The number of likely N-dealkylation sites (tertiary alicyclic amines) is 1. The third-order valence-corrected chi connectivity index (χ3v) is 4.83. The molecule has 3 heterocycles. The first-order valence-electron chi connectivity index (χ1n) is 7.15. The van der Waals surface area contributed by atoms with Crippen molar-refractivity contribution in [2.75, 3.05) is 19.6 Å². The number of furan rings is 1. The van der Waals surface area contributed by atoms with Crippen molar-refractivity contribution in [3.63, 3.8) is 0 Å². The van der Waals surface area contributed by atoms with Gasteiger partial charge in [0.1, 0.15) is 5.76 Å². The van der Waals surface area contributed by atoms with Crippen molar-refractivity contribution < 1.29 is 9.21 Å².